The van der Waals surface area contributed by atoms with Gasteiger partial charge in [-0.15, -0.1) is 0 Å². The molecule has 0 N–H and O–H groups in total. The summed E-state index contributed by atoms with van der Waals surface area (Å²) in [6, 6.07) is 5.89. The van der Waals surface area contributed by atoms with Gasteiger partial charge in [-0.25, -0.2) is 4.98 Å². The van der Waals surface area contributed by atoms with Crippen LogP contribution in [-0.4, -0.2) is 29.0 Å². The Bertz CT molecular complexity index is 782. The molecular weight excluding hydrogens is 323 g/mol. The molecule has 0 atom stereocenters. The highest BCUT2D eigenvalue weighted by atomic mass is 16.3. The Kier molecular flexibility index (Phi) is 4.10. The Hall–Kier alpha value is -2.04. The number of carbonyl (C=O) groups excluding carboxylic acids is 1. The first-order valence-electron chi connectivity index (χ1n) is 10.1. The number of rotatable bonds is 4. The maximum absolute atomic E-state index is 12.9. The van der Waals surface area contributed by atoms with Crippen molar-refractivity contribution in [3.8, 4) is 11.5 Å². The standard InChI is InChI=1S/C21H25BN2O2/c25-21-18-9-3-8-17(20-23-11-13-26-20)19(18)14-24(21)12-10-22-15-4-1-5-16(22)7-2-6-15/h3,8-9,11,13,15-16H,1-2,4-7,10,12,14H2/t15-,16-. The number of carbonyl (C=O) groups is 1. The van der Waals surface area contributed by atoms with Crippen LogP contribution in [0.2, 0.25) is 18.0 Å². The highest BCUT2D eigenvalue weighted by molar-refractivity contribution is 6.62. The van der Waals surface area contributed by atoms with E-state index in [2.05, 4.69) is 4.98 Å². The van der Waals surface area contributed by atoms with Gasteiger partial charge in [0, 0.05) is 24.2 Å². The summed E-state index contributed by atoms with van der Waals surface area (Å²) in [4.78, 5) is 19.2. The molecule has 2 aromatic rings. The Morgan fingerprint density at radius 1 is 1.12 bits per heavy atom. The second-order valence-corrected chi connectivity index (χ2v) is 8.23. The molecule has 3 aliphatic heterocycles. The minimum atomic E-state index is 0.175. The number of amides is 1. The molecule has 1 aromatic carbocycles. The fourth-order valence-corrected chi connectivity index (χ4v) is 5.72. The average Bonchev–Trinajstić information content (AvgIpc) is 3.28. The van der Waals surface area contributed by atoms with Crippen LogP contribution in [0.4, 0.5) is 0 Å². The molecule has 5 rings (SSSR count). The lowest BCUT2D eigenvalue weighted by molar-refractivity contribution is 0.0786. The van der Waals surface area contributed by atoms with Crippen LogP contribution < -0.4 is 0 Å². The van der Waals surface area contributed by atoms with Crippen LogP contribution >= 0.6 is 0 Å². The number of oxazole rings is 1. The number of fused-ring (bicyclic) bond motifs is 3. The van der Waals surface area contributed by atoms with Crippen LogP contribution in [0, 0.1) is 0 Å². The van der Waals surface area contributed by atoms with Gasteiger partial charge in [0.05, 0.1) is 6.20 Å². The second-order valence-electron chi connectivity index (χ2n) is 8.23. The van der Waals surface area contributed by atoms with Crippen LogP contribution in [0.1, 0.15) is 54.4 Å². The molecule has 2 saturated heterocycles. The number of hydrogen-bond acceptors (Lipinski definition) is 3. The van der Waals surface area contributed by atoms with Crippen molar-refractivity contribution in [1.29, 1.82) is 0 Å². The number of hydrogen-bond donors (Lipinski definition) is 0. The van der Waals surface area contributed by atoms with Crippen molar-refractivity contribution < 1.29 is 9.21 Å². The molecule has 4 nitrogen and oxygen atoms in total. The molecular formula is C21H25BN2O2. The van der Waals surface area contributed by atoms with Crippen LogP contribution in [0.3, 0.4) is 0 Å². The fourth-order valence-electron chi connectivity index (χ4n) is 5.72. The molecule has 4 heterocycles. The van der Waals surface area contributed by atoms with Crippen molar-refractivity contribution in [3.05, 3.63) is 41.8 Å². The minimum absolute atomic E-state index is 0.175. The highest BCUT2D eigenvalue weighted by Crippen LogP contribution is 2.47. The van der Waals surface area contributed by atoms with Crippen LogP contribution in [0.15, 0.2) is 35.1 Å². The molecule has 26 heavy (non-hydrogen) atoms. The molecule has 1 aromatic heterocycles. The summed E-state index contributed by atoms with van der Waals surface area (Å²) in [5, 5.41) is 0. The first kappa shape index (κ1) is 16.2. The summed E-state index contributed by atoms with van der Waals surface area (Å²) in [6.45, 7) is 2.41. The molecule has 0 unspecified atom stereocenters. The van der Waals surface area contributed by atoms with Gasteiger partial charge in [-0.05, 0) is 17.7 Å². The zero-order chi connectivity index (χ0) is 17.5. The van der Waals surface area contributed by atoms with Gasteiger partial charge in [-0.1, -0.05) is 62.5 Å². The SMILES string of the molecule is O=C1c2cccc(-c3ncco3)c2CN1CCB1[C@H]2CCC[C@H]1CCC2. The second kappa shape index (κ2) is 6.60. The molecule has 2 fully saturated rings. The zero-order valence-corrected chi connectivity index (χ0v) is 15.2. The first-order chi connectivity index (χ1) is 12.8. The van der Waals surface area contributed by atoms with Crippen molar-refractivity contribution in [3.63, 3.8) is 0 Å². The third-order valence-electron chi connectivity index (χ3n) is 6.95. The molecule has 3 aliphatic rings. The lowest BCUT2D eigenvalue weighted by Crippen LogP contribution is -2.38. The Labute approximate surface area is 155 Å². The smallest absolute Gasteiger partial charge is 0.254 e. The normalized spacial score (nSPS) is 24.8. The van der Waals surface area contributed by atoms with Gasteiger partial charge < -0.3 is 9.32 Å². The molecule has 0 spiro atoms. The van der Waals surface area contributed by atoms with E-state index in [-0.39, 0.29) is 5.91 Å². The summed E-state index contributed by atoms with van der Waals surface area (Å²) in [6.07, 6.45) is 12.9. The summed E-state index contributed by atoms with van der Waals surface area (Å²) < 4.78 is 5.48. The molecule has 1 amide bonds. The summed E-state index contributed by atoms with van der Waals surface area (Å²) in [7, 11) is 0. The van der Waals surface area contributed by atoms with E-state index in [9.17, 15) is 4.79 Å². The fraction of sp³-hybridized carbons (Fsp3) is 0.524. The van der Waals surface area contributed by atoms with E-state index < -0.39 is 0 Å². The lowest BCUT2D eigenvalue weighted by atomic mass is 9.26. The van der Waals surface area contributed by atoms with E-state index in [1.807, 2.05) is 23.1 Å². The van der Waals surface area contributed by atoms with Crippen LogP contribution in [-0.2, 0) is 6.54 Å². The minimum Gasteiger partial charge on any atom is -0.445 e. The summed E-state index contributed by atoms with van der Waals surface area (Å²) in [5.74, 6) is 2.60. The Morgan fingerprint density at radius 3 is 2.54 bits per heavy atom. The summed E-state index contributed by atoms with van der Waals surface area (Å²) >= 11 is 0. The van der Waals surface area contributed by atoms with E-state index in [0.717, 1.165) is 41.6 Å². The topological polar surface area (TPSA) is 46.3 Å². The monoisotopic (exact) mass is 348 g/mol. The first-order valence-corrected chi connectivity index (χ1v) is 10.1. The van der Waals surface area contributed by atoms with Crippen molar-refractivity contribution >= 4 is 12.6 Å². The van der Waals surface area contributed by atoms with E-state index >= 15 is 0 Å². The van der Waals surface area contributed by atoms with E-state index in [1.54, 1.807) is 12.5 Å². The average molecular weight is 348 g/mol. The van der Waals surface area contributed by atoms with Gasteiger partial charge in [-0.2, -0.15) is 0 Å². The molecule has 0 radical (unpaired) electrons. The van der Waals surface area contributed by atoms with E-state index in [1.165, 1.54) is 44.8 Å². The lowest BCUT2D eigenvalue weighted by Gasteiger charge is -2.41. The van der Waals surface area contributed by atoms with Gasteiger partial charge in [0.1, 0.15) is 13.0 Å². The maximum Gasteiger partial charge on any atom is 0.254 e. The Balaban J connectivity index is 1.32. The predicted molar refractivity (Wildman–Crippen MR) is 102 cm³/mol. The van der Waals surface area contributed by atoms with Gasteiger partial charge in [0.2, 0.25) is 5.89 Å². The number of aromatic nitrogens is 1. The third-order valence-corrected chi connectivity index (χ3v) is 6.95. The maximum atomic E-state index is 12.9. The van der Waals surface area contributed by atoms with Gasteiger partial charge in [-0.3, -0.25) is 4.79 Å². The number of nitrogens with zero attached hydrogens (tertiary/aromatic N) is 2. The van der Waals surface area contributed by atoms with E-state index in [0.29, 0.717) is 12.4 Å². The molecule has 134 valence electrons. The van der Waals surface area contributed by atoms with E-state index in [4.69, 9.17) is 4.42 Å². The van der Waals surface area contributed by atoms with Crippen LogP contribution in [0.5, 0.6) is 0 Å². The summed E-state index contributed by atoms with van der Waals surface area (Å²) in [5.41, 5.74) is 2.85. The largest absolute Gasteiger partial charge is 0.445 e. The predicted octanol–water partition coefficient (Wildman–Crippen LogP) is 4.90. The van der Waals surface area contributed by atoms with Crippen molar-refractivity contribution in [2.75, 3.05) is 6.54 Å². The van der Waals surface area contributed by atoms with Gasteiger partial charge in [0.15, 0.2) is 0 Å². The highest BCUT2D eigenvalue weighted by Gasteiger charge is 2.39. The van der Waals surface area contributed by atoms with Crippen molar-refractivity contribution in [2.24, 2.45) is 0 Å². The van der Waals surface area contributed by atoms with Gasteiger partial charge in [0.25, 0.3) is 5.91 Å². The molecule has 0 aliphatic carbocycles. The zero-order valence-electron chi connectivity index (χ0n) is 15.2. The van der Waals surface area contributed by atoms with Crippen molar-refractivity contribution in [2.45, 2.75) is 63.0 Å². The third kappa shape index (κ3) is 2.68. The Morgan fingerprint density at radius 2 is 1.85 bits per heavy atom. The van der Waals surface area contributed by atoms with Crippen molar-refractivity contribution in [1.82, 2.24) is 9.88 Å². The molecule has 0 saturated carbocycles. The molecule has 2 bridgehead atoms. The van der Waals surface area contributed by atoms with Crippen LogP contribution in [0.25, 0.3) is 11.5 Å². The van der Waals surface area contributed by atoms with Gasteiger partial charge >= 0.3 is 0 Å². The molecule has 5 heteroatoms. The quantitative estimate of drug-likeness (QED) is 0.738. The number of benzene rings is 1.